The first-order valence-corrected chi connectivity index (χ1v) is 8.22. The zero-order valence-electron chi connectivity index (χ0n) is 13.7. The molecule has 2 rings (SSSR count). The van der Waals surface area contributed by atoms with Crippen molar-refractivity contribution >= 4 is 46.3 Å². The van der Waals surface area contributed by atoms with Gasteiger partial charge in [0.05, 0.1) is 26.2 Å². The van der Waals surface area contributed by atoms with E-state index in [0.29, 0.717) is 26.3 Å². The molecular weight excluding hydrogens is 350 g/mol. The Labute approximate surface area is 149 Å². The molecule has 1 saturated heterocycles. The van der Waals surface area contributed by atoms with Gasteiger partial charge in [0.25, 0.3) is 5.91 Å². The molecule has 1 aliphatic heterocycles. The maximum absolute atomic E-state index is 12.6. The first-order valence-electron chi connectivity index (χ1n) is 6.99. The van der Waals surface area contributed by atoms with Crippen LogP contribution in [0.2, 0.25) is 0 Å². The predicted octanol–water partition coefficient (Wildman–Crippen LogP) is 2.47. The van der Waals surface area contributed by atoms with E-state index in [0.717, 1.165) is 11.8 Å². The van der Waals surface area contributed by atoms with Crippen molar-refractivity contribution in [1.29, 1.82) is 0 Å². The van der Waals surface area contributed by atoms with Gasteiger partial charge < -0.3 is 14.2 Å². The van der Waals surface area contributed by atoms with Gasteiger partial charge in [-0.05, 0) is 25.1 Å². The highest BCUT2D eigenvalue weighted by Gasteiger charge is 2.38. The summed E-state index contributed by atoms with van der Waals surface area (Å²) in [4.78, 5) is 25.9. The minimum Gasteiger partial charge on any atom is -0.497 e. The van der Waals surface area contributed by atoms with Crippen molar-refractivity contribution in [3.63, 3.8) is 0 Å². The average Bonchev–Trinajstić information content (AvgIpc) is 2.87. The Morgan fingerprint density at radius 3 is 2.58 bits per heavy atom. The zero-order chi connectivity index (χ0) is 17.9. The van der Waals surface area contributed by atoms with E-state index in [2.05, 4.69) is 4.74 Å². The molecule has 0 aromatic heterocycles. The maximum atomic E-state index is 12.6. The smallest absolute Gasteiger partial charge is 0.328 e. The van der Waals surface area contributed by atoms with E-state index in [-0.39, 0.29) is 5.91 Å². The van der Waals surface area contributed by atoms with Crippen LogP contribution in [0.3, 0.4) is 0 Å². The Morgan fingerprint density at radius 1 is 1.29 bits per heavy atom. The summed E-state index contributed by atoms with van der Waals surface area (Å²) >= 11 is 6.36. The molecule has 1 heterocycles. The van der Waals surface area contributed by atoms with E-state index in [1.165, 1.54) is 19.1 Å². The van der Waals surface area contributed by atoms with Crippen molar-refractivity contribution in [3.05, 3.63) is 28.7 Å². The van der Waals surface area contributed by atoms with Gasteiger partial charge in [-0.3, -0.25) is 9.69 Å². The fourth-order valence-electron chi connectivity index (χ4n) is 2.17. The molecule has 1 fully saturated rings. The second-order valence-corrected chi connectivity index (χ2v) is 6.53. The van der Waals surface area contributed by atoms with Crippen molar-refractivity contribution in [3.8, 4) is 11.5 Å². The molecule has 0 spiro atoms. The summed E-state index contributed by atoms with van der Waals surface area (Å²) in [7, 11) is 4.37. The van der Waals surface area contributed by atoms with Gasteiger partial charge in [0, 0.05) is 11.6 Å². The zero-order valence-corrected chi connectivity index (χ0v) is 15.3. The number of carbonyl (C=O) groups excluding carboxylic acids is 2. The van der Waals surface area contributed by atoms with E-state index >= 15 is 0 Å². The maximum Gasteiger partial charge on any atom is 0.328 e. The first-order chi connectivity index (χ1) is 11.4. The molecule has 0 radical (unpaired) electrons. The molecule has 1 amide bonds. The molecule has 0 unspecified atom stereocenters. The lowest BCUT2D eigenvalue weighted by molar-refractivity contribution is -0.147. The Morgan fingerprint density at radius 2 is 2.00 bits per heavy atom. The highest BCUT2D eigenvalue weighted by molar-refractivity contribution is 8.26. The first kappa shape index (κ1) is 18.3. The summed E-state index contributed by atoms with van der Waals surface area (Å²) in [6, 6.07) is 4.51. The number of hydrogen-bond acceptors (Lipinski definition) is 7. The highest BCUT2D eigenvalue weighted by atomic mass is 32.2. The monoisotopic (exact) mass is 367 g/mol. The van der Waals surface area contributed by atoms with Crippen molar-refractivity contribution in [2.45, 2.75) is 13.0 Å². The van der Waals surface area contributed by atoms with Crippen LogP contribution in [-0.4, -0.2) is 48.5 Å². The van der Waals surface area contributed by atoms with Crippen LogP contribution in [0.1, 0.15) is 12.5 Å². The number of amides is 1. The lowest BCUT2D eigenvalue weighted by Crippen LogP contribution is -2.42. The lowest BCUT2D eigenvalue weighted by atomic mass is 10.1. The third-order valence-electron chi connectivity index (χ3n) is 3.48. The van der Waals surface area contributed by atoms with Gasteiger partial charge in [-0.1, -0.05) is 24.0 Å². The third-order valence-corrected chi connectivity index (χ3v) is 4.81. The number of nitrogens with zero attached hydrogens (tertiary/aromatic N) is 1. The minimum atomic E-state index is -0.772. The third kappa shape index (κ3) is 3.54. The van der Waals surface area contributed by atoms with Gasteiger partial charge >= 0.3 is 5.97 Å². The molecule has 24 heavy (non-hydrogen) atoms. The normalized spacial score (nSPS) is 17.2. The van der Waals surface area contributed by atoms with Crippen LogP contribution in [0.4, 0.5) is 0 Å². The Hall–Kier alpha value is -2.06. The molecule has 6 nitrogen and oxygen atoms in total. The number of methoxy groups -OCH3 is 3. The standard InChI is InChI=1S/C16H17NO5S2/c1-9(15(19)22-4)17-14(18)13(24-16(17)23)7-10-5-6-11(20-2)8-12(10)21-3/h5-9H,1-4H3/b13-7-/t9-/m1/s1. The molecule has 128 valence electrons. The quantitative estimate of drug-likeness (QED) is 0.450. The second kappa shape index (κ2) is 7.67. The largest absolute Gasteiger partial charge is 0.497 e. The Kier molecular flexibility index (Phi) is 5.84. The van der Waals surface area contributed by atoms with Gasteiger partial charge in [-0.25, -0.2) is 4.79 Å². The van der Waals surface area contributed by atoms with Crippen molar-refractivity contribution in [2.75, 3.05) is 21.3 Å². The molecular formula is C16H17NO5S2. The van der Waals surface area contributed by atoms with Crippen LogP contribution in [0.5, 0.6) is 11.5 Å². The molecule has 1 aliphatic rings. The summed E-state index contributed by atoms with van der Waals surface area (Å²) in [6.45, 7) is 1.58. The van der Waals surface area contributed by atoms with E-state index < -0.39 is 12.0 Å². The molecule has 0 aliphatic carbocycles. The number of hydrogen-bond donors (Lipinski definition) is 0. The molecule has 8 heteroatoms. The van der Waals surface area contributed by atoms with Gasteiger partial charge in [0.2, 0.25) is 0 Å². The fourth-order valence-corrected chi connectivity index (χ4v) is 3.58. The van der Waals surface area contributed by atoms with Crippen LogP contribution in [0, 0.1) is 0 Å². The number of benzene rings is 1. The average molecular weight is 367 g/mol. The molecule has 1 aromatic rings. The molecule has 1 atom stereocenters. The molecule has 0 bridgehead atoms. The minimum absolute atomic E-state index is 0.316. The molecule has 0 N–H and O–H groups in total. The number of carbonyl (C=O) groups is 2. The number of rotatable bonds is 5. The SMILES string of the molecule is COC(=O)[C@@H](C)N1C(=O)/C(=C/c2ccc(OC)cc2OC)SC1=S. The van der Waals surface area contributed by atoms with E-state index in [4.69, 9.17) is 21.7 Å². The summed E-state index contributed by atoms with van der Waals surface area (Å²) in [5.41, 5.74) is 0.713. The summed E-state index contributed by atoms with van der Waals surface area (Å²) < 4.78 is 15.5. The summed E-state index contributed by atoms with van der Waals surface area (Å²) in [5.74, 6) is 0.367. The van der Waals surface area contributed by atoms with Gasteiger partial charge in [-0.15, -0.1) is 0 Å². The summed E-state index contributed by atoms with van der Waals surface area (Å²) in [6.07, 6.45) is 1.68. The van der Waals surface area contributed by atoms with Crippen molar-refractivity contribution in [2.24, 2.45) is 0 Å². The predicted molar refractivity (Wildman–Crippen MR) is 96.0 cm³/mol. The van der Waals surface area contributed by atoms with Crippen LogP contribution in [0.25, 0.3) is 6.08 Å². The molecule has 0 saturated carbocycles. The van der Waals surface area contributed by atoms with E-state index in [9.17, 15) is 9.59 Å². The van der Waals surface area contributed by atoms with Crippen LogP contribution in [-0.2, 0) is 14.3 Å². The topological polar surface area (TPSA) is 65.1 Å². The van der Waals surface area contributed by atoms with Crippen LogP contribution < -0.4 is 9.47 Å². The Bertz CT molecular complexity index is 716. The van der Waals surface area contributed by atoms with Gasteiger partial charge in [0.15, 0.2) is 0 Å². The van der Waals surface area contributed by atoms with E-state index in [1.807, 2.05) is 0 Å². The number of thiocarbonyl (C=S) groups is 1. The number of ether oxygens (including phenoxy) is 3. The lowest BCUT2D eigenvalue weighted by Gasteiger charge is -2.20. The Balaban J connectivity index is 2.34. The second-order valence-electron chi connectivity index (χ2n) is 4.86. The molecule has 1 aromatic carbocycles. The fraction of sp³-hybridized carbons (Fsp3) is 0.312. The van der Waals surface area contributed by atoms with Crippen molar-refractivity contribution < 1.29 is 23.8 Å². The number of thioether (sulfide) groups is 1. The van der Waals surface area contributed by atoms with Gasteiger partial charge in [0.1, 0.15) is 21.9 Å². The van der Waals surface area contributed by atoms with Crippen LogP contribution >= 0.6 is 24.0 Å². The van der Waals surface area contributed by atoms with E-state index in [1.54, 1.807) is 38.3 Å². The number of esters is 1. The van der Waals surface area contributed by atoms with Crippen molar-refractivity contribution in [1.82, 2.24) is 4.90 Å². The highest BCUT2D eigenvalue weighted by Crippen LogP contribution is 2.36. The van der Waals surface area contributed by atoms with Gasteiger partial charge in [-0.2, -0.15) is 0 Å². The van der Waals surface area contributed by atoms with Crippen LogP contribution in [0.15, 0.2) is 23.1 Å². The summed E-state index contributed by atoms with van der Waals surface area (Å²) in [5, 5.41) is 0.